The summed E-state index contributed by atoms with van der Waals surface area (Å²) in [5, 5.41) is 2.33. The molecule has 2 aromatic carbocycles. The highest BCUT2D eigenvalue weighted by atomic mass is 16.6. The van der Waals surface area contributed by atoms with E-state index in [1.807, 2.05) is 42.5 Å². The van der Waals surface area contributed by atoms with Crippen LogP contribution in [0, 0.1) is 0 Å². The highest BCUT2D eigenvalue weighted by Gasteiger charge is 2.01. The van der Waals surface area contributed by atoms with Gasteiger partial charge in [-0.25, -0.2) is 4.79 Å². The summed E-state index contributed by atoms with van der Waals surface area (Å²) in [5.41, 5.74) is 1.13. The Hall–Kier alpha value is -2.42. The van der Waals surface area contributed by atoms with E-state index >= 15 is 0 Å². The third kappa shape index (κ3) is 3.52. The van der Waals surface area contributed by atoms with Gasteiger partial charge in [0.2, 0.25) is 0 Å². The maximum absolute atomic E-state index is 11.2. The number of carbonyl (C=O) groups excluding carboxylic acids is 2. The number of esters is 2. The third-order valence-corrected chi connectivity index (χ3v) is 2.72. The van der Waals surface area contributed by atoms with Gasteiger partial charge in [-0.15, -0.1) is 0 Å². The molecule has 0 N–H and O–H groups in total. The standard InChI is InChI=1S/C16H14O3/c1-12(17)19-16(18)11-5-9-14-8-4-7-13-6-2-3-10-15(13)14/h2-8,10-11H,9H2,1H3. The van der Waals surface area contributed by atoms with Crippen LogP contribution in [0.5, 0.6) is 0 Å². The second-order valence-electron chi connectivity index (χ2n) is 4.16. The van der Waals surface area contributed by atoms with Gasteiger partial charge in [0, 0.05) is 13.0 Å². The summed E-state index contributed by atoms with van der Waals surface area (Å²) < 4.78 is 4.41. The first-order chi connectivity index (χ1) is 9.16. The van der Waals surface area contributed by atoms with Crippen LogP contribution in [0.15, 0.2) is 54.6 Å². The van der Waals surface area contributed by atoms with Crippen LogP contribution in [0.2, 0.25) is 0 Å². The molecule has 0 atom stereocenters. The molecule has 0 unspecified atom stereocenters. The zero-order valence-corrected chi connectivity index (χ0v) is 10.6. The summed E-state index contributed by atoms with van der Waals surface area (Å²) in [5.74, 6) is -1.23. The van der Waals surface area contributed by atoms with Crippen molar-refractivity contribution in [3.05, 3.63) is 60.2 Å². The van der Waals surface area contributed by atoms with Crippen molar-refractivity contribution < 1.29 is 14.3 Å². The fourth-order valence-electron chi connectivity index (χ4n) is 1.93. The summed E-state index contributed by atoms with van der Waals surface area (Å²) >= 11 is 0. The summed E-state index contributed by atoms with van der Waals surface area (Å²) in [4.78, 5) is 21.8. The number of allylic oxidation sites excluding steroid dienone is 1. The van der Waals surface area contributed by atoms with Gasteiger partial charge in [0.25, 0.3) is 0 Å². The number of fused-ring (bicyclic) bond motifs is 1. The molecule has 0 bridgehead atoms. The van der Waals surface area contributed by atoms with Gasteiger partial charge in [-0.2, -0.15) is 0 Å². The fourth-order valence-corrected chi connectivity index (χ4v) is 1.93. The van der Waals surface area contributed by atoms with E-state index in [4.69, 9.17) is 0 Å². The third-order valence-electron chi connectivity index (χ3n) is 2.72. The number of hydrogen-bond donors (Lipinski definition) is 0. The molecule has 96 valence electrons. The lowest BCUT2D eigenvalue weighted by Gasteiger charge is -2.03. The fraction of sp³-hybridized carbons (Fsp3) is 0.125. The average Bonchev–Trinajstić information content (AvgIpc) is 2.38. The van der Waals surface area contributed by atoms with Crippen molar-refractivity contribution in [2.75, 3.05) is 0 Å². The van der Waals surface area contributed by atoms with Crippen molar-refractivity contribution >= 4 is 22.7 Å². The molecule has 0 aliphatic rings. The molecule has 3 heteroatoms. The molecule has 0 aliphatic carbocycles. The van der Waals surface area contributed by atoms with Gasteiger partial charge in [-0.05, 0) is 22.8 Å². The molecule has 0 aromatic heterocycles. The normalized spacial score (nSPS) is 10.8. The number of ether oxygens (including phenoxy) is 1. The molecule has 3 nitrogen and oxygen atoms in total. The zero-order chi connectivity index (χ0) is 13.7. The van der Waals surface area contributed by atoms with Crippen molar-refractivity contribution in [3.63, 3.8) is 0 Å². The van der Waals surface area contributed by atoms with Crippen LogP contribution < -0.4 is 0 Å². The molecule has 0 saturated heterocycles. The van der Waals surface area contributed by atoms with Gasteiger partial charge in [0.1, 0.15) is 0 Å². The smallest absolute Gasteiger partial charge is 0.338 e. The van der Waals surface area contributed by atoms with Crippen LogP contribution in [-0.4, -0.2) is 11.9 Å². The number of hydrogen-bond acceptors (Lipinski definition) is 3. The molecule has 0 amide bonds. The SMILES string of the molecule is CC(=O)OC(=O)C=CCc1cccc2ccccc12. The first-order valence-electron chi connectivity index (χ1n) is 6.02. The van der Waals surface area contributed by atoms with E-state index in [0.29, 0.717) is 6.42 Å². The second-order valence-corrected chi connectivity index (χ2v) is 4.16. The summed E-state index contributed by atoms with van der Waals surface area (Å²) in [7, 11) is 0. The van der Waals surface area contributed by atoms with Crippen molar-refractivity contribution in [1.82, 2.24) is 0 Å². The molecular weight excluding hydrogens is 240 g/mol. The lowest BCUT2D eigenvalue weighted by Crippen LogP contribution is -2.05. The van der Waals surface area contributed by atoms with Crippen molar-refractivity contribution in [2.24, 2.45) is 0 Å². The van der Waals surface area contributed by atoms with E-state index in [2.05, 4.69) is 4.74 Å². The first-order valence-corrected chi connectivity index (χ1v) is 6.02. The van der Waals surface area contributed by atoms with Gasteiger partial charge < -0.3 is 4.74 Å². The molecular formula is C16H14O3. The lowest BCUT2D eigenvalue weighted by atomic mass is 10.0. The Morgan fingerprint density at radius 1 is 1.11 bits per heavy atom. The molecule has 0 aliphatic heterocycles. The number of rotatable bonds is 3. The molecule has 0 spiro atoms. The van der Waals surface area contributed by atoms with Crippen molar-refractivity contribution in [1.29, 1.82) is 0 Å². The van der Waals surface area contributed by atoms with Crippen LogP contribution in [0.3, 0.4) is 0 Å². The van der Waals surface area contributed by atoms with Crippen molar-refractivity contribution in [3.8, 4) is 0 Å². The van der Waals surface area contributed by atoms with Gasteiger partial charge in [-0.3, -0.25) is 4.79 Å². The molecule has 0 radical (unpaired) electrons. The minimum Gasteiger partial charge on any atom is -0.390 e. The minimum atomic E-state index is -0.632. The van der Waals surface area contributed by atoms with Gasteiger partial charge >= 0.3 is 11.9 Å². The van der Waals surface area contributed by atoms with E-state index < -0.39 is 11.9 Å². The van der Waals surface area contributed by atoms with Gasteiger partial charge in [0.05, 0.1) is 0 Å². The molecule has 0 saturated carbocycles. The van der Waals surface area contributed by atoms with Crippen LogP contribution >= 0.6 is 0 Å². The van der Waals surface area contributed by atoms with Crippen LogP contribution in [0.1, 0.15) is 12.5 Å². The van der Waals surface area contributed by atoms with Crippen LogP contribution in [0.4, 0.5) is 0 Å². The van der Waals surface area contributed by atoms with Crippen LogP contribution in [-0.2, 0) is 20.7 Å². The Labute approximate surface area is 111 Å². The van der Waals surface area contributed by atoms with E-state index in [-0.39, 0.29) is 0 Å². The Kier molecular flexibility index (Phi) is 4.08. The molecule has 2 aromatic rings. The van der Waals surface area contributed by atoms with Crippen LogP contribution in [0.25, 0.3) is 10.8 Å². The second kappa shape index (κ2) is 5.96. The van der Waals surface area contributed by atoms with E-state index in [1.165, 1.54) is 18.4 Å². The predicted octanol–water partition coefficient (Wildman–Crippen LogP) is 3.03. The first kappa shape index (κ1) is 13.0. The highest BCUT2D eigenvalue weighted by molar-refractivity contribution is 5.91. The van der Waals surface area contributed by atoms with E-state index in [0.717, 1.165) is 10.9 Å². The average molecular weight is 254 g/mol. The summed E-state index contributed by atoms with van der Waals surface area (Å²) in [6.45, 7) is 1.20. The largest absolute Gasteiger partial charge is 0.390 e. The summed E-state index contributed by atoms with van der Waals surface area (Å²) in [6, 6.07) is 14.1. The Morgan fingerprint density at radius 2 is 1.84 bits per heavy atom. The maximum atomic E-state index is 11.2. The monoisotopic (exact) mass is 254 g/mol. The number of benzene rings is 2. The predicted molar refractivity (Wildman–Crippen MR) is 73.6 cm³/mol. The number of carbonyl (C=O) groups is 2. The minimum absolute atomic E-state index is 0.597. The van der Waals surface area contributed by atoms with Crippen molar-refractivity contribution in [2.45, 2.75) is 13.3 Å². The maximum Gasteiger partial charge on any atom is 0.338 e. The molecule has 2 rings (SSSR count). The van der Waals surface area contributed by atoms with E-state index in [9.17, 15) is 9.59 Å². The highest BCUT2D eigenvalue weighted by Crippen LogP contribution is 2.18. The molecule has 0 fully saturated rings. The van der Waals surface area contributed by atoms with E-state index in [1.54, 1.807) is 6.08 Å². The Morgan fingerprint density at radius 3 is 2.63 bits per heavy atom. The quantitative estimate of drug-likeness (QED) is 0.480. The summed E-state index contributed by atoms with van der Waals surface area (Å²) in [6.07, 6.45) is 3.60. The topological polar surface area (TPSA) is 43.4 Å². The van der Waals surface area contributed by atoms with Gasteiger partial charge in [-0.1, -0.05) is 48.5 Å². The molecule has 19 heavy (non-hydrogen) atoms. The van der Waals surface area contributed by atoms with Gasteiger partial charge in [0.15, 0.2) is 0 Å². The Bertz CT molecular complexity index is 636. The Balaban J connectivity index is 2.12. The zero-order valence-electron chi connectivity index (χ0n) is 10.6. The molecule has 0 heterocycles. The lowest BCUT2D eigenvalue weighted by molar-refractivity contribution is -0.154.